The van der Waals surface area contributed by atoms with Crippen molar-refractivity contribution in [2.24, 2.45) is 0 Å². The Morgan fingerprint density at radius 2 is 1.96 bits per heavy atom. The molecule has 0 bridgehead atoms. The molecule has 4 rings (SSSR count). The Morgan fingerprint density at radius 3 is 2.73 bits per heavy atom. The topological polar surface area (TPSA) is 41.4 Å². The summed E-state index contributed by atoms with van der Waals surface area (Å²) in [5.74, 6) is -0.434. The van der Waals surface area contributed by atoms with Crippen molar-refractivity contribution in [1.29, 1.82) is 0 Å². The highest BCUT2D eigenvalue weighted by atomic mass is 19.1. The highest BCUT2D eigenvalue weighted by Crippen LogP contribution is 2.21. The summed E-state index contributed by atoms with van der Waals surface area (Å²) < 4.78 is 16.1. The summed E-state index contributed by atoms with van der Waals surface area (Å²) in [6, 6.07) is 4.74. The number of likely N-dealkylation sites (tertiary alicyclic amines) is 1. The molecule has 1 saturated heterocycles. The van der Waals surface area contributed by atoms with Crippen LogP contribution in [0.1, 0.15) is 46.6 Å². The van der Waals surface area contributed by atoms with Crippen LogP contribution in [0.15, 0.2) is 24.5 Å². The van der Waals surface area contributed by atoms with E-state index in [1.165, 1.54) is 18.9 Å². The smallest absolute Gasteiger partial charge is 0.254 e. The van der Waals surface area contributed by atoms with Gasteiger partial charge in [-0.25, -0.2) is 9.37 Å². The van der Waals surface area contributed by atoms with E-state index < -0.39 is 0 Å². The first-order chi connectivity index (χ1) is 12.6. The first kappa shape index (κ1) is 17.2. The van der Waals surface area contributed by atoms with Gasteiger partial charge in [0.1, 0.15) is 5.82 Å². The lowest BCUT2D eigenvalue weighted by Gasteiger charge is -2.22. The summed E-state index contributed by atoms with van der Waals surface area (Å²) in [4.78, 5) is 21.8. The zero-order chi connectivity index (χ0) is 18.1. The fourth-order valence-corrected chi connectivity index (χ4v) is 3.88. The number of fused-ring (bicyclic) bond motifs is 1. The molecule has 0 aliphatic carbocycles. The van der Waals surface area contributed by atoms with Crippen LogP contribution in [0.3, 0.4) is 0 Å². The number of carbonyl (C=O) groups is 1. The Morgan fingerprint density at radius 1 is 1.15 bits per heavy atom. The Balaban J connectivity index is 1.55. The molecule has 2 aliphatic rings. The minimum absolute atomic E-state index is 0.106. The number of carbonyl (C=O) groups excluding carboxylic acids is 1. The quantitative estimate of drug-likeness (QED) is 0.849. The van der Waals surface area contributed by atoms with E-state index in [1.54, 1.807) is 19.1 Å². The fourth-order valence-electron chi connectivity index (χ4n) is 3.88. The van der Waals surface area contributed by atoms with Crippen LogP contribution in [0.25, 0.3) is 0 Å². The van der Waals surface area contributed by atoms with Crippen molar-refractivity contribution in [3.05, 3.63) is 52.9 Å². The summed E-state index contributed by atoms with van der Waals surface area (Å²) in [5, 5.41) is 0. The number of aryl methyl sites for hydroxylation is 2. The number of hydrogen-bond acceptors (Lipinski definition) is 3. The van der Waals surface area contributed by atoms with Gasteiger partial charge in [0, 0.05) is 25.2 Å². The van der Waals surface area contributed by atoms with Crippen LogP contribution in [0, 0.1) is 12.7 Å². The van der Waals surface area contributed by atoms with E-state index in [0.717, 1.165) is 44.0 Å². The number of nitrogens with zero attached hydrogens (tertiary/aromatic N) is 4. The molecular weight excluding hydrogens is 331 g/mol. The maximum Gasteiger partial charge on any atom is 0.254 e. The Hall–Kier alpha value is -2.21. The van der Waals surface area contributed by atoms with Gasteiger partial charge in [0.05, 0.1) is 24.3 Å². The predicted octanol–water partition coefficient (Wildman–Crippen LogP) is 2.97. The molecule has 2 aliphatic heterocycles. The third-order valence-electron chi connectivity index (χ3n) is 5.48. The average molecular weight is 356 g/mol. The number of rotatable bonds is 3. The summed E-state index contributed by atoms with van der Waals surface area (Å²) in [7, 11) is 0. The monoisotopic (exact) mass is 356 g/mol. The lowest BCUT2D eigenvalue weighted by molar-refractivity contribution is 0.0744. The van der Waals surface area contributed by atoms with Crippen molar-refractivity contribution in [3.63, 3.8) is 0 Å². The van der Waals surface area contributed by atoms with Crippen LogP contribution in [0.4, 0.5) is 4.39 Å². The van der Waals surface area contributed by atoms with Gasteiger partial charge in [0.2, 0.25) is 0 Å². The summed E-state index contributed by atoms with van der Waals surface area (Å²) in [5.41, 5.74) is 3.17. The second kappa shape index (κ2) is 7.19. The van der Waals surface area contributed by atoms with Gasteiger partial charge in [0.25, 0.3) is 5.91 Å². The molecule has 5 nitrogen and oxygen atoms in total. The summed E-state index contributed by atoms with van der Waals surface area (Å²) in [6.07, 6.45) is 5.28. The molecule has 1 fully saturated rings. The summed E-state index contributed by atoms with van der Waals surface area (Å²) >= 11 is 0. The zero-order valence-electron chi connectivity index (χ0n) is 15.2. The number of hydrogen-bond donors (Lipinski definition) is 0. The van der Waals surface area contributed by atoms with E-state index in [0.29, 0.717) is 24.2 Å². The van der Waals surface area contributed by atoms with Crippen LogP contribution in [0.2, 0.25) is 0 Å². The highest BCUT2D eigenvalue weighted by Gasteiger charge is 2.25. The van der Waals surface area contributed by atoms with Crippen molar-refractivity contribution in [1.82, 2.24) is 19.4 Å². The van der Waals surface area contributed by atoms with E-state index in [-0.39, 0.29) is 11.7 Å². The van der Waals surface area contributed by atoms with Gasteiger partial charge in [-0.05, 0) is 57.0 Å². The van der Waals surface area contributed by atoms with Crippen molar-refractivity contribution in [3.8, 4) is 0 Å². The van der Waals surface area contributed by atoms with Crippen LogP contribution in [-0.2, 0) is 19.6 Å². The predicted molar refractivity (Wildman–Crippen MR) is 97.2 cm³/mol. The van der Waals surface area contributed by atoms with E-state index in [1.807, 2.05) is 11.2 Å². The van der Waals surface area contributed by atoms with Crippen molar-refractivity contribution >= 4 is 5.91 Å². The van der Waals surface area contributed by atoms with Crippen LogP contribution < -0.4 is 0 Å². The zero-order valence-corrected chi connectivity index (χ0v) is 15.2. The number of benzene rings is 1. The van der Waals surface area contributed by atoms with Crippen molar-refractivity contribution in [2.45, 2.75) is 45.8 Å². The molecule has 138 valence electrons. The molecule has 0 spiro atoms. The molecule has 0 atom stereocenters. The van der Waals surface area contributed by atoms with Crippen LogP contribution >= 0.6 is 0 Å². The third kappa shape index (κ3) is 3.38. The van der Waals surface area contributed by atoms with Gasteiger partial charge in [-0.15, -0.1) is 0 Å². The first-order valence-corrected chi connectivity index (χ1v) is 9.42. The van der Waals surface area contributed by atoms with Gasteiger partial charge in [-0.1, -0.05) is 6.07 Å². The fraction of sp³-hybridized carbons (Fsp3) is 0.500. The largest absolute Gasteiger partial charge is 0.333 e. The first-order valence-electron chi connectivity index (χ1n) is 9.42. The van der Waals surface area contributed by atoms with Crippen LogP contribution in [0.5, 0.6) is 0 Å². The molecule has 0 radical (unpaired) electrons. The minimum atomic E-state index is -0.328. The SMILES string of the molecule is Cc1ccc(C(=O)N2CCCn3cnc(CN4CCCC4)c3C2)cc1F. The molecule has 1 aromatic heterocycles. The highest BCUT2D eigenvalue weighted by molar-refractivity contribution is 5.94. The third-order valence-corrected chi connectivity index (χ3v) is 5.48. The molecule has 3 heterocycles. The summed E-state index contributed by atoms with van der Waals surface area (Å²) in [6.45, 7) is 6.89. The minimum Gasteiger partial charge on any atom is -0.333 e. The van der Waals surface area contributed by atoms with E-state index in [4.69, 9.17) is 0 Å². The number of imidazole rings is 1. The molecule has 6 heteroatoms. The molecule has 0 unspecified atom stereocenters. The maximum atomic E-state index is 13.9. The Bertz CT molecular complexity index is 810. The molecule has 1 aromatic carbocycles. The average Bonchev–Trinajstić information content (AvgIpc) is 3.22. The lowest BCUT2D eigenvalue weighted by Crippen LogP contribution is -2.31. The molecule has 0 saturated carbocycles. The molecule has 2 aromatic rings. The number of aromatic nitrogens is 2. The number of amides is 1. The van der Waals surface area contributed by atoms with E-state index in [9.17, 15) is 9.18 Å². The standard InChI is InChI=1S/C20H25FN4O/c1-15-5-6-16(11-17(15)21)20(26)24-9-4-10-25-14-22-18(19(25)13-24)12-23-7-2-3-8-23/h5-6,11,14H,2-4,7-10,12-13H2,1H3. The Kier molecular flexibility index (Phi) is 4.76. The van der Waals surface area contributed by atoms with Crippen molar-refractivity contribution in [2.75, 3.05) is 19.6 Å². The Labute approximate surface area is 153 Å². The molecular formula is C20H25FN4O. The molecule has 26 heavy (non-hydrogen) atoms. The van der Waals surface area contributed by atoms with E-state index >= 15 is 0 Å². The van der Waals surface area contributed by atoms with E-state index in [2.05, 4.69) is 14.5 Å². The maximum absolute atomic E-state index is 13.9. The van der Waals surface area contributed by atoms with Gasteiger partial charge < -0.3 is 9.47 Å². The van der Waals surface area contributed by atoms with Gasteiger partial charge in [-0.2, -0.15) is 0 Å². The van der Waals surface area contributed by atoms with Gasteiger partial charge >= 0.3 is 0 Å². The second-order valence-electron chi connectivity index (χ2n) is 7.36. The normalized spacial score (nSPS) is 18.0. The van der Waals surface area contributed by atoms with Crippen molar-refractivity contribution < 1.29 is 9.18 Å². The van der Waals surface area contributed by atoms with Gasteiger partial charge in [-0.3, -0.25) is 9.69 Å². The second-order valence-corrected chi connectivity index (χ2v) is 7.36. The number of halogens is 1. The lowest BCUT2D eigenvalue weighted by atomic mass is 10.1. The molecule has 0 N–H and O–H groups in total. The van der Waals surface area contributed by atoms with Crippen LogP contribution in [-0.4, -0.2) is 44.9 Å². The molecule has 1 amide bonds. The van der Waals surface area contributed by atoms with Gasteiger partial charge in [0.15, 0.2) is 0 Å².